The maximum atomic E-state index is 14.1. The minimum absolute atomic E-state index is 0.0790. The molecule has 0 bridgehead atoms. The average Bonchev–Trinajstić information content (AvgIpc) is 2.43. The van der Waals surface area contributed by atoms with Gasteiger partial charge in [-0.1, -0.05) is 38.0 Å². The molecule has 1 rings (SSSR count). The molecule has 0 aliphatic carbocycles. The van der Waals surface area contributed by atoms with E-state index in [0.29, 0.717) is 0 Å². The Kier molecular flexibility index (Phi) is 8.20. The Labute approximate surface area is 123 Å². The Morgan fingerprint density at radius 1 is 1.30 bits per heavy atom. The van der Waals surface area contributed by atoms with Crippen molar-refractivity contribution in [2.24, 2.45) is 0 Å². The molecule has 0 heterocycles. The normalized spacial score (nSPS) is 12.3. The molecule has 0 aromatic heterocycles. The van der Waals surface area contributed by atoms with Gasteiger partial charge in [0.25, 0.3) is 0 Å². The van der Waals surface area contributed by atoms with Gasteiger partial charge in [-0.25, -0.2) is 4.39 Å². The predicted octanol–water partition coefficient (Wildman–Crippen LogP) is 5.31. The van der Waals surface area contributed by atoms with Crippen molar-refractivity contribution in [3.63, 3.8) is 0 Å². The van der Waals surface area contributed by atoms with E-state index in [1.54, 1.807) is 6.07 Å². The first-order valence-electron chi connectivity index (χ1n) is 7.79. The first-order valence-corrected chi connectivity index (χ1v) is 7.79. The van der Waals surface area contributed by atoms with E-state index in [1.165, 1.54) is 12.8 Å². The molecule has 1 N–H and O–H groups in total. The molecule has 0 saturated carbocycles. The summed E-state index contributed by atoms with van der Waals surface area (Å²) in [5.74, 6) is -0.0790. The van der Waals surface area contributed by atoms with Crippen molar-refractivity contribution in [3.8, 4) is 0 Å². The van der Waals surface area contributed by atoms with Gasteiger partial charge in [-0.3, -0.25) is 0 Å². The molecule has 1 aromatic rings. The van der Waals surface area contributed by atoms with Crippen LogP contribution in [0.5, 0.6) is 0 Å². The summed E-state index contributed by atoms with van der Waals surface area (Å²) in [6.45, 7) is 8.74. The minimum atomic E-state index is -0.0790. The zero-order valence-electron chi connectivity index (χ0n) is 12.9. The van der Waals surface area contributed by atoms with E-state index in [1.807, 2.05) is 25.1 Å². The first kappa shape index (κ1) is 16.9. The van der Waals surface area contributed by atoms with E-state index in [2.05, 4.69) is 18.8 Å². The molecule has 20 heavy (non-hydrogen) atoms. The van der Waals surface area contributed by atoms with Gasteiger partial charge in [0.15, 0.2) is 0 Å². The van der Waals surface area contributed by atoms with Crippen LogP contribution in [-0.4, -0.2) is 6.54 Å². The second kappa shape index (κ2) is 9.71. The fraction of sp³-hybridized carbons (Fsp3) is 0.556. The molecule has 0 saturated heterocycles. The number of unbranched alkanes of at least 4 members (excludes halogenated alkanes) is 3. The number of rotatable bonds is 10. The lowest BCUT2D eigenvalue weighted by Gasteiger charge is -2.20. The van der Waals surface area contributed by atoms with Crippen molar-refractivity contribution in [3.05, 3.63) is 47.8 Å². The summed E-state index contributed by atoms with van der Waals surface area (Å²) in [6.07, 6.45) is 8.60. The number of hydrogen-bond donors (Lipinski definition) is 1. The highest BCUT2D eigenvalue weighted by Gasteiger charge is 2.14. The van der Waals surface area contributed by atoms with Gasteiger partial charge in [0.2, 0.25) is 0 Å². The van der Waals surface area contributed by atoms with Crippen molar-refractivity contribution in [1.82, 2.24) is 5.32 Å². The zero-order valence-corrected chi connectivity index (χ0v) is 12.9. The fourth-order valence-corrected chi connectivity index (χ4v) is 2.41. The van der Waals surface area contributed by atoms with E-state index in [0.717, 1.165) is 43.4 Å². The molecule has 0 radical (unpaired) electrons. The monoisotopic (exact) mass is 277 g/mol. The molecule has 1 atom stereocenters. The summed E-state index contributed by atoms with van der Waals surface area (Å²) in [5.41, 5.74) is 1.79. The van der Waals surface area contributed by atoms with Crippen LogP contribution in [0.4, 0.5) is 4.39 Å². The van der Waals surface area contributed by atoms with E-state index >= 15 is 0 Å². The molecular formula is C18H28FN. The lowest BCUT2D eigenvalue weighted by molar-refractivity contribution is 0.452. The van der Waals surface area contributed by atoms with Crippen molar-refractivity contribution < 1.29 is 4.39 Å². The highest BCUT2D eigenvalue weighted by Crippen LogP contribution is 2.23. The Hall–Kier alpha value is -1.15. The standard InChI is InChI=1S/C18H28FN/c1-4-6-7-8-9-10-18(20-13-5-2)16-12-11-15(3)14-17(16)19/h4,11-12,14,18,20H,1,5-10,13H2,2-3H3. The maximum absolute atomic E-state index is 14.1. The summed E-state index contributed by atoms with van der Waals surface area (Å²) >= 11 is 0. The van der Waals surface area contributed by atoms with Gasteiger partial charge in [-0.15, -0.1) is 6.58 Å². The highest BCUT2D eigenvalue weighted by molar-refractivity contribution is 5.26. The topological polar surface area (TPSA) is 12.0 Å². The summed E-state index contributed by atoms with van der Waals surface area (Å²) in [4.78, 5) is 0. The molecule has 1 aromatic carbocycles. The van der Waals surface area contributed by atoms with Crippen LogP contribution >= 0.6 is 0 Å². The number of halogens is 1. The molecule has 0 amide bonds. The van der Waals surface area contributed by atoms with Gasteiger partial charge in [-0.05, 0) is 50.8 Å². The van der Waals surface area contributed by atoms with Crippen LogP contribution in [0.3, 0.4) is 0 Å². The van der Waals surface area contributed by atoms with E-state index in [-0.39, 0.29) is 11.9 Å². The lowest BCUT2D eigenvalue weighted by atomic mass is 9.98. The molecule has 0 spiro atoms. The maximum Gasteiger partial charge on any atom is 0.128 e. The van der Waals surface area contributed by atoms with E-state index < -0.39 is 0 Å². The van der Waals surface area contributed by atoms with Crippen LogP contribution in [0.2, 0.25) is 0 Å². The molecule has 0 aliphatic rings. The van der Waals surface area contributed by atoms with Crippen molar-refractivity contribution >= 4 is 0 Å². The third-order valence-electron chi connectivity index (χ3n) is 3.57. The number of aryl methyl sites for hydroxylation is 1. The molecule has 1 unspecified atom stereocenters. The molecule has 0 fully saturated rings. The smallest absolute Gasteiger partial charge is 0.128 e. The van der Waals surface area contributed by atoms with Crippen LogP contribution in [0.15, 0.2) is 30.9 Å². The third-order valence-corrected chi connectivity index (χ3v) is 3.57. The summed E-state index contributed by atoms with van der Waals surface area (Å²) in [7, 11) is 0. The first-order chi connectivity index (χ1) is 9.69. The van der Waals surface area contributed by atoms with Crippen LogP contribution < -0.4 is 5.32 Å². The number of benzene rings is 1. The Balaban J connectivity index is 2.60. The summed E-state index contributed by atoms with van der Waals surface area (Å²) in [5, 5.41) is 3.48. The molecule has 1 nitrogen and oxygen atoms in total. The third kappa shape index (κ3) is 5.87. The van der Waals surface area contributed by atoms with Crippen LogP contribution in [-0.2, 0) is 0 Å². The number of nitrogens with one attached hydrogen (secondary N) is 1. The van der Waals surface area contributed by atoms with Gasteiger partial charge in [-0.2, -0.15) is 0 Å². The van der Waals surface area contributed by atoms with Gasteiger partial charge < -0.3 is 5.32 Å². The molecule has 2 heteroatoms. The van der Waals surface area contributed by atoms with Gasteiger partial charge >= 0.3 is 0 Å². The fourth-order valence-electron chi connectivity index (χ4n) is 2.41. The van der Waals surface area contributed by atoms with Gasteiger partial charge in [0, 0.05) is 11.6 Å². The molecule has 112 valence electrons. The zero-order chi connectivity index (χ0) is 14.8. The second-order valence-electron chi connectivity index (χ2n) is 5.46. The predicted molar refractivity (Wildman–Crippen MR) is 85.5 cm³/mol. The molecule has 0 aliphatic heterocycles. The van der Waals surface area contributed by atoms with Crippen molar-refractivity contribution in [2.75, 3.05) is 6.54 Å². The minimum Gasteiger partial charge on any atom is -0.310 e. The second-order valence-corrected chi connectivity index (χ2v) is 5.46. The lowest BCUT2D eigenvalue weighted by Crippen LogP contribution is -2.23. The number of hydrogen-bond acceptors (Lipinski definition) is 1. The Bertz CT molecular complexity index is 400. The Morgan fingerprint density at radius 2 is 2.10 bits per heavy atom. The van der Waals surface area contributed by atoms with E-state index in [9.17, 15) is 4.39 Å². The average molecular weight is 277 g/mol. The number of allylic oxidation sites excluding steroid dienone is 1. The van der Waals surface area contributed by atoms with Gasteiger partial charge in [0.1, 0.15) is 5.82 Å². The van der Waals surface area contributed by atoms with Crippen LogP contribution in [0, 0.1) is 12.7 Å². The molecular weight excluding hydrogens is 249 g/mol. The highest BCUT2D eigenvalue weighted by atomic mass is 19.1. The van der Waals surface area contributed by atoms with Crippen molar-refractivity contribution in [1.29, 1.82) is 0 Å². The van der Waals surface area contributed by atoms with E-state index in [4.69, 9.17) is 0 Å². The van der Waals surface area contributed by atoms with Gasteiger partial charge in [0.05, 0.1) is 0 Å². The summed E-state index contributed by atoms with van der Waals surface area (Å²) < 4.78 is 14.1. The SMILES string of the molecule is C=CCCCCCC(NCCC)c1ccc(C)cc1F. The van der Waals surface area contributed by atoms with Crippen LogP contribution in [0.25, 0.3) is 0 Å². The quantitative estimate of drug-likeness (QED) is 0.451. The van der Waals surface area contributed by atoms with Crippen LogP contribution in [0.1, 0.15) is 62.6 Å². The van der Waals surface area contributed by atoms with Crippen molar-refractivity contribution in [2.45, 2.75) is 58.4 Å². The largest absolute Gasteiger partial charge is 0.310 e. The Morgan fingerprint density at radius 3 is 2.75 bits per heavy atom. The summed E-state index contributed by atoms with van der Waals surface area (Å²) in [6, 6.07) is 5.70.